The quantitative estimate of drug-likeness (QED) is 0.700. The fourth-order valence-electron chi connectivity index (χ4n) is 2.65. The van der Waals surface area contributed by atoms with Crippen molar-refractivity contribution in [1.29, 1.82) is 0 Å². The van der Waals surface area contributed by atoms with Crippen LogP contribution in [0.2, 0.25) is 0 Å². The molecule has 0 saturated carbocycles. The average Bonchev–Trinajstić information content (AvgIpc) is 2.43. The second kappa shape index (κ2) is 7.66. The molecule has 0 saturated heterocycles. The highest BCUT2D eigenvalue weighted by atomic mass is 15.1. The van der Waals surface area contributed by atoms with Crippen molar-refractivity contribution in [3.63, 3.8) is 0 Å². The molecule has 0 radical (unpaired) electrons. The van der Waals surface area contributed by atoms with E-state index in [1.807, 2.05) is 0 Å². The van der Waals surface area contributed by atoms with Gasteiger partial charge in [0, 0.05) is 5.92 Å². The SMILES string of the molecule is CC[C@@H](CC(C)(CC)CCC(C)C)C1=NCN=CN1. The maximum absolute atomic E-state index is 4.52. The molecule has 0 aromatic heterocycles. The van der Waals surface area contributed by atoms with Crippen molar-refractivity contribution in [2.24, 2.45) is 27.2 Å². The van der Waals surface area contributed by atoms with Crippen molar-refractivity contribution in [1.82, 2.24) is 5.32 Å². The van der Waals surface area contributed by atoms with Crippen molar-refractivity contribution in [3.8, 4) is 0 Å². The summed E-state index contributed by atoms with van der Waals surface area (Å²) < 4.78 is 0. The molecule has 1 aliphatic heterocycles. The Morgan fingerprint density at radius 3 is 2.58 bits per heavy atom. The van der Waals surface area contributed by atoms with E-state index in [1.54, 1.807) is 6.34 Å². The maximum atomic E-state index is 4.52. The van der Waals surface area contributed by atoms with Crippen molar-refractivity contribution >= 4 is 12.2 Å². The molecule has 0 amide bonds. The molecule has 1 N–H and O–H groups in total. The van der Waals surface area contributed by atoms with Gasteiger partial charge >= 0.3 is 0 Å². The first-order valence-corrected chi connectivity index (χ1v) is 7.80. The number of rotatable bonds is 8. The van der Waals surface area contributed by atoms with E-state index in [0.717, 1.165) is 18.2 Å². The molecular weight excluding hydrogens is 234 g/mol. The van der Waals surface area contributed by atoms with Gasteiger partial charge in [0.25, 0.3) is 0 Å². The average molecular weight is 265 g/mol. The van der Waals surface area contributed by atoms with Gasteiger partial charge in [-0.15, -0.1) is 0 Å². The number of hydrogen-bond acceptors (Lipinski definition) is 3. The maximum Gasteiger partial charge on any atom is 0.133 e. The highest BCUT2D eigenvalue weighted by Crippen LogP contribution is 2.37. The van der Waals surface area contributed by atoms with Crippen molar-refractivity contribution in [2.45, 2.75) is 66.7 Å². The standard InChI is InChI=1S/C16H31N3/c1-6-14(15-18-11-17-12-19-15)10-16(5,7-2)9-8-13(3)4/h11,13-14H,6-10,12H2,1-5H3,(H,17,18,19)/t14-,16?/m0/s1. The van der Waals surface area contributed by atoms with Gasteiger partial charge in [-0.25, -0.2) is 4.99 Å². The smallest absolute Gasteiger partial charge is 0.133 e. The summed E-state index contributed by atoms with van der Waals surface area (Å²) in [6.07, 6.45) is 8.06. The van der Waals surface area contributed by atoms with Gasteiger partial charge in [0.1, 0.15) is 12.5 Å². The molecule has 1 rings (SSSR count). The van der Waals surface area contributed by atoms with Crippen LogP contribution in [0.1, 0.15) is 66.7 Å². The number of amidine groups is 1. The fourth-order valence-corrected chi connectivity index (χ4v) is 2.65. The Bertz CT molecular complexity index is 320. The molecule has 0 aromatic rings. The number of nitrogens with one attached hydrogen (secondary N) is 1. The first-order chi connectivity index (χ1) is 9.00. The van der Waals surface area contributed by atoms with Gasteiger partial charge in [-0.3, -0.25) is 4.99 Å². The summed E-state index contributed by atoms with van der Waals surface area (Å²) in [6.45, 7) is 12.3. The highest BCUT2D eigenvalue weighted by molar-refractivity contribution is 5.94. The van der Waals surface area contributed by atoms with Gasteiger partial charge in [0.2, 0.25) is 0 Å². The van der Waals surface area contributed by atoms with Gasteiger partial charge in [-0.05, 0) is 30.6 Å². The lowest BCUT2D eigenvalue weighted by atomic mass is 9.73. The lowest BCUT2D eigenvalue weighted by Crippen LogP contribution is -2.35. The first-order valence-electron chi connectivity index (χ1n) is 7.80. The van der Waals surface area contributed by atoms with Crippen LogP contribution < -0.4 is 5.32 Å². The van der Waals surface area contributed by atoms with Crippen LogP contribution in [0.15, 0.2) is 9.98 Å². The Morgan fingerprint density at radius 1 is 1.37 bits per heavy atom. The third-order valence-electron chi connectivity index (χ3n) is 4.42. The molecule has 0 fully saturated rings. The predicted molar refractivity (Wildman–Crippen MR) is 84.8 cm³/mol. The van der Waals surface area contributed by atoms with Crippen LogP contribution in [-0.2, 0) is 0 Å². The van der Waals surface area contributed by atoms with Gasteiger partial charge < -0.3 is 5.32 Å². The summed E-state index contributed by atoms with van der Waals surface area (Å²) in [5.74, 6) is 2.48. The Hall–Kier alpha value is -0.860. The van der Waals surface area contributed by atoms with Crippen LogP contribution in [0.4, 0.5) is 0 Å². The molecular formula is C16H31N3. The van der Waals surface area contributed by atoms with Gasteiger partial charge in [0.15, 0.2) is 0 Å². The molecule has 2 atom stereocenters. The van der Waals surface area contributed by atoms with Crippen LogP contribution in [-0.4, -0.2) is 18.8 Å². The zero-order chi connectivity index (χ0) is 14.3. The summed E-state index contributed by atoms with van der Waals surface area (Å²) >= 11 is 0. The minimum Gasteiger partial charge on any atom is -0.335 e. The Labute approximate surface area is 119 Å². The van der Waals surface area contributed by atoms with E-state index in [4.69, 9.17) is 0 Å². The number of hydrogen-bond donors (Lipinski definition) is 1. The molecule has 3 nitrogen and oxygen atoms in total. The Balaban J connectivity index is 2.62. The van der Waals surface area contributed by atoms with E-state index in [9.17, 15) is 0 Å². The molecule has 0 aromatic carbocycles. The van der Waals surface area contributed by atoms with Crippen LogP contribution >= 0.6 is 0 Å². The van der Waals surface area contributed by atoms with Crippen molar-refractivity contribution < 1.29 is 0 Å². The molecule has 0 spiro atoms. The molecule has 0 aliphatic carbocycles. The second-order valence-electron chi connectivity index (χ2n) is 6.55. The molecule has 19 heavy (non-hydrogen) atoms. The van der Waals surface area contributed by atoms with E-state index in [1.165, 1.54) is 25.7 Å². The zero-order valence-electron chi connectivity index (χ0n) is 13.4. The Kier molecular flexibility index (Phi) is 6.53. The molecule has 1 heterocycles. The summed E-state index contributed by atoms with van der Waals surface area (Å²) in [7, 11) is 0. The molecule has 1 unspecified atom stereocenters. The summed E-state index contributed by atoms with van der Waals surface area (Å²) in [6, 6.07) is 0. The second-order valence-corrected chi connectivity index (χ2v) is 6.55. The van der Waals surface area contributed by atoms with E-state index in [-0.39, 0.29) is 0 Å². The van der Waals surface area contributed by atoms with Crippen LogP contribution in [0.25, 0.3) is 0 Å². The van der Waals surface area contributed by atoms with Crippen LogP contribution in [0.3, 0.4) is 0 Å². The molecule has 1 aliphatic rings. The van der Waals surface area contributed by atoms with Crippen molar-refractivity contribution in [2.75, 3.05) is 6.67 Å². The van der Waals surface area contributed by atoms with E-state index in [0.29, 0.717) is 18.0 Å². The first kappa shape index (κ1) is 16.2. The van der Waals surface area contributed by atoms with E-state index in [2.05, 4.69) is 49.9 Å². The summed E-state index contributed by atoms with van der Waals surface area (Å²) in [4.78, 5) is 8.62. The zero-order valence-corrected chi connectivity index (χ0v) is 13.4. The number of nitrogens with zero attached hydrogens (tertiary/aromatic N) is 2. The Morgan fingerprint density at radius 2 is 2.11 bits per heavy atom. The third kappa shape index (κ3) is 5.33. The number of aliphatic imine (C=N–C) groups is 2. The highest BCUT2D eigenvalue weighted by Gasteiger charge is 2.28. The molecule has 110 valence electrons. The fraction of sp³-hybridized carbons (Fsp3) is 0.875. The van der Waals surface area contributed by atoms with Crippen LogP contribution in [0, 0.1) is 17.3 Å². The lowest BCUT2D eigenvalue weighted by Gasteiger charge is -2.33. The summed E-state index contributed by atoms with van der Waals surface area (Å²) in [5.41, 5.74) is 0.434. The minimum absolute atomic E-state index is 0.434. The monoisotopic (exact) mass is 265 g/mol. The molecule has 3 heteroatoms. The van der Waals surface area contributed by atoms with E-state index >= 15 is 0 Å². The minimum atomic E-state index is 0.434. The van der Waals surface area contributed by atoms with E-state index < -0.39 is 0 Å². The summed E-state index contributed by atoms with van der Waals surface area (Å²) in [5, 5.41) is 3.24. The molecule has 0 bridgehead atoms. The largest absolute Gasteiger partial charge is 0.335 e. The topological polar surface area (TPSA) is 36.8 Å². The van der Waals surface area contributed by atoms with Crippen LogP contribution in [0.5, 0.6) is 0 Å². The lowest BCUT2D eigenvalue weighted by molar-refractivity contribution is 0.216. The van der Waals surface area contributed by atoms with Gasteiger partial charge in [-0.1, -0.05) is 47.5 Å². The van der Waals surface area contributed by atoms with Crippen molar-refractivity contribution in [3.05, 3.63) is 0 Å². The third-order valence-corrected chi connectivity index (χ3v) is 4.42. The van der Waals surface area contributed by atoms with Gasteiger partial charge in [0.05, 0.1) is 6.34 Å². The van der Waals surface area contributed by atoms with Gasteiger partial charge in [-0.2, -0.15) is 0 Å². The predicted octanol–water partition coefficient (Wildman–Crippen LogP) is 4.24. The normalized spacial score (nSPS) is 19.8.